The van der Waals surface area contributed by atoms with Gasteiger partial charge in [0.15, 0.2) is 6.10 Å². The summed E-state index contributed by atoms with van der Waals surface area (Å²) in [7, 11) is -2.39. The van der Waals surface area contributed by atoms with Gasteiger partial charge in [-0.25, -0.2) is 22.3 Å². The number of nitrogens with zero attached hydrogens (tertiary/aromatic N) is 2. The van der Waals surface area contributed by atoms with Gasteiger partial charge in [0, 0.05) is 13.1 Å². The van der Waals surface area contributed by atoms with Crippen LogP contribution in [-0.2, 0) is 19.6 Å². The van der Waals surface area contributed by atoms with E-state index >= 15 is 0 Å². The van der Waals surface area contributed by atoms with Crippen LogP contribution in [0.3, 0.4) is 0 Å². The van der Waals surface area contributed by atoms with E-state index in [1.807, 2.05) is 0 Å². The molecule has 0 radical (unpaired) electrons. The van der Waals surface area contributed by atoms with Crippen molar-refractivity contribution in [2.24, 2.45) is 0 Å². The lowest BCUT2D eigenvalue weighted by Gasteiger charge is -2.40. The Morgan fingerprint density at radius 2 is 1.93 bits per heavy atom. The molecule has 1 atom stereocenters. The van der Waals surface area contributed by atoms with Crippen molar-refractivity contribution < 1.29 is 27.5 Å². The molecule has 0 bridgehead atoms. The number of rotatable bonds is 5. The third kappa shape index (κ3) is 3.67. The van der Waals surface area contributed by atoms with Gasteiger partial charge in [0.25, 0.3) is 10.0 Å². The van der Waals surface area contributed by atoms with Crippen LogP contribution in [0.2, 0.25) is 0 Å². The molecule has 8 nitrogen and oxygen atoms in total. The summed E-state index contributed by atoms with van der Waals surface area (Å²) in [6.07, 6.45) is 3.42. The van der Waals surface area contributed by atoms with E-state index in [-0.39, 0.29) is 23.2 Å². The lowest BCUT2D eigenvalue weighted by molar-refractivity contribution is -0.150. The zero-order valence-corrected chi connectivity index (χ0v) is 17.2. The predicted molar refractivity (Wildman–Crippen MR) is 103 cm³/mol. The molecular formula is C19H26N2O6S. The van der Waals surface area contributed by atoms with Crippen LogP contribution in [0.15, 0.2) is 23.1 Å². The zero-order chi connectivity index (χ0) is 20.5. The summed E-state index contributed by atoms with van der Waals surface area (Å²) in [5.41, 5.74) is 0.241. The number of urea groups is 1. The molecule has 0 saturated heterocycles. The van der Waals surface area contributed by atoms with Crippen molar-refractivity contribution in [3.05, 3.63) is 18.2 Å². The summed E-state index contributed by atoms with van der Waals surface area (Å²) in [4.78, 5) is 26.0. The van der Waals surface area contributed by atoms with Crippen LogP contribution in [0.1, 0.15) is 46.0 Å². The number of sulfonamides is 1. The summed E-state index contributed by atoms with van der Waals surface area (Å²) < 4.78 is 37.8. The SMILES string of the molecule is CCOC(=O)[C@@H](C)Oc1ccc2c(c1)N(C)C(=O)N(C1CCCCC1)S2(=O)=O. The van der Waals surface area contributed by atoms with Crippen LogP contribution < -0.4 is 9.64 Å². The lowest BCUT2D eigenvalue weighted by atomic mass is 9.95. The molecule has 1 aromatic rings. The Morgan fingerprint density at radius 3 is 2.57 bits per heavy atom. The van der Waals surface area contributed by atoms with E-state index < -0.39 is 28.1 Å². The highest BCUT2D eigenvalue weighted by atomic mass is 32.2. The molecule has 0 N–H and O–H groups in total. The maximum absolute atomic E-state index is 13.1. The van der Waals surface area contributed by atoms with Gasteiger partial charge in [-0.2, -0.15) is 0 Å². The lowest BCUT2D eigenvalue weighted by Crippen LogP contribution is -2.54. The standard InChI is InChI=1S/C19H26N2O6S/c1-4-26-18(22)13(2)27-15-10-11-17-16(12-15)20(3)19(23)21(28(17,24)25)14-8-6-5-7-9-14/h10-14H,4-9H2,1-3H3/t13-/m1/s1. The van der Waals surface area contributed by atoms with Crippen LogP contribution >= 0.6 is 0 Å². The van der Waals surface area contributed by atoms with E-state index in [1.165, 1.54) is 23.1 Å². The molecule has 3 rings (SSSR count). The van der Waals surface area contributed by atoms with Crippen LogP contribution in [0.5, 0.6) is 5.75 Å². The molecule has 2 amide bonds. The number of ether oxygens (including phenoxy) is 2. The van der Waals surface area contributed by atoms with Crippen molar-refractivity contribution in [2.75, 3.05) is 18.6 Å². The van der Waals surface area contributed by atoms with E-state index in [0.29, 0.717) is 18.6 Å². The Bertz CT molecular complexity index is 863. The smallest absolute Gasteiger partial charge is 0.347 e. The summed E-state index contributed by atoms with van der Waals surface area (Å²) in [6, 6.07) is 3.53. The molecule has 2 aliphatic rings. The number of esters is 1. The molecular weight excluding hydrogens is 384 g/mol. The van der Waals surface area contributed by atoms with Gasteiger partial charge in [-0.3, -0.25) is 4.90 Å². The molecule has 28 heavy (non-hydrogen) atoms. The van der Waals surface area contributed by atoms with Gasteiger partial charge >= 0.3 is 12.0 Å². The topological polar surface area (TPSA) is 93.2 Å². The molecule has 1 heterocycles. The molecule has 0 aromatic heterocycles. The number of carbonyl (C=O) groups excluding carboxylic acids is 2. The van der Waals surface area contributed by atoms with Gasteiger partial charge in [0.05, 0.1) is 18.3 Å². The Hall–Kier alpha value is -2.29. The van der Waals surface area contributed by atoms with Crippen molar-refractivity contribution in [3.63, 3.8) is 0 Å². The third-order valence-corrected chi connectivity index (χ3v) is 7.02. The fraction of sp³-hybridized carbons (Fsp3) is 0.579. The van der Waals surface area contributed by atoms with Crippen molar-refractivity contribution in [2.45, 2.75) is 63.0 Å². The number of benzene rings is 1. The van der Waals surface area contributed by atoms with Gasteiger partial charge in [-0.05, 0) is 38.8 Å². The van der Waals surface area contributed by atoms with E-state index in [0.717, 1.165) is 23.6 Å². The van der Waals surface area contributed by atoms with Crippen LogP contribution in [0.25, 0.3) is 0 Å². The molecule has 1 aliphatic heterocycles. The highest BCUT2D eigenvalue weighted by Gasteiger charge is 2.44. The normalized spacial score (nSPS) is 20.5. The summed E-state index contributed by atoms with van der Waals surface area (Å²) in [6.45, 7) is 3.49. The Balaban J connectivity index is 1.92. The minimum Gasteiger partial charge on any atom is -0.479 e. The summed E-state index contributed by atoms with van der Waals surface area (Å²) >= 11 is 0. The number of amides is 2. The van der Waals surface area contributed by atoms with Crippen molar-refractivity contribution in [1.29, 1.82) is 0 Å². The predicted octanol–water partition coefficient (Wildman–Crippen LogP) is 2.91. The van der Waals surface area contributed by atoms with Gasteiger partial charge < -0.3 is 9.47 Å². The van der Waals surface area contributed by atoms with Gasteiger partial charge in [0.1, 0.15) is 10.6 Å². The number of hydrogen-bond acceptors (Lipinski definition) is 6. The molecule has 0 spiro atoms. The first-order chi connectivity index (χ1) is 13.3. The molecule has 1 aliphatic carbocycles. The van der Waals surface area contributed by atoms with E-state index in [1.54, 1.807) is 20.9 Å². The quantitative estimate of drug-likeness (QED) is 0.693. The van der Waals surface area contributed by atoms with E-state index in [4.69, 9.17) is 9.47 Å². The second kappa shape index (κ2) is 7.98. The largest absolute Gasteiger partial charge is 0.479 e. The Morgan fingerprint density at radius 1 is 1.25 bits per heavy atom. The van der Waals surface area contributed by atoms with E-state index in [2.05, 4.69) is 0 Å². The average Bonchev–Trinajstić information content (AvgIpc) is 2.67. The average molecular weight is 410 g/mol. The van der Waals surface area contributed by atoms with Gasteiger partial charge in [-0.15, -0.1) is 0 Å². The Labute approximate surface area is 165 Å². The first-order valence-corrected chi connectivity index (χ1v) is 11.0. The second-order valence-corrected chi connectivity index (χ2v) is 8.86. The van der Waals surface area contributed by atoms with Crippen LogP contribution in [0, 0.1) is 0 Å². The molecule has 1 aromatic carbocycles. The third-order valence-electron chi connectivity index (χ3n) is 5.14. The van der Waals surface area contributed by atoms with Gasteiger partial charge in [0.2, 0.25) is 0 Å². The number of anilines is 1. The summed E-state index contributed by atoms with van der Waals surface area (Å²) in [5, 5.41) is 0. The van der Waals surface area contributed by atoms with Crippen molar-refractivity contribution >= 4 is 27.7 Å². The number of carbonyl (C=O) groups is 2. The minimum atomic E-state index is -3.94. The highest BCUT2D eigenvalue weighted by molar-refractivity contribution is 7.90. The van der Waals surface area contributed by atoms with Crippen molar-refractivity contribution in [3.8, 4) is 5.75 Å². The Kier molecular flexibility index (Phi) is 5.83. The fourth-order valence-corrected chi connectivity index (χ4v) is 5.53. The molecule has 9 heteroatoms. The molecule has 154 valence electrons. The second-order valence-electron chi connectivity index (χ2n) is 7.08. The number of fused-ring (bicyclic) bond motifs is 1. The maximum Gasteiger partial charge on any atom is 0.347 e. The zero-order valence-electron chi connectivity index (χ0n) is 16.4. The molecule has 1 fully saturated rings. The molecule has 1 saturated carbocycles. The van der Waals surface area contributed by atoms with E-state index in [9.17, 15) is 18.0 Å². The highest BCUT2D eigenvalue weighted by Crippen LogP contribution is 2.39. The number of hydrogen-bond donors (Lipinski definition) is 0. The summed E-state index contributed by atoms with van der Waals surface area (Å²) in [5.74, 6) is -0.221. The van der Waals surface area contributed by atoms with Crippen LogP contribution in [-0.4, -0.2) is 50.5 Å². The maximum atomic E-state index is 13.1. The monoisotopic (exact) mass is 410 g/mol. The first kappa shape index (κ1) is 20.4. The van der Waals surface area contributed by atoms with Gasteiger partial charge in [-0.1, -0.05) is 19.3 Å². The fourth-order valence-electron chi connectivity index (χ4n) is 3.69. The van der Waals surface area contributed by atoms with Crippen molar-refractivity contribution in [1.82, 2.24) is 4.31 Å². The minimum absolute atomic E-state index is 0.0660. The van der Waals surface area contributed by atoms with Crippen LogP contribution in [0.4, 0.5) is 10.5 Å². The molecule has 0 unspecified atom stereocenters. The first-order valence-electron chi connectivity index (χ1n) is 9.56.